The van der Waals surface area contributed by atoms with Crippen LogP contribution in [0.15, 0.2) is 18.2 Å². The molecule has 1 rings (SSSR count). The maximum atomic E-state index is 12.3. The number of halogens is 3. The fraction of sp³-hybridized carbons (Fsp3) is 0. The van der Waals surface area contributed by atoms with Gasteiger partial charge in [-0.2, -0.15) is 18.6 Å². The Morgan fingerprint density at radius 3 is 2.09 bits per heavy atom. The van der Waals surface area contributed by atoms with Gasteiger partial charge in [0.1, 0.15) is 5.82 Å². The molecular weight excluding hydrogens is 182 g/mol. The minimum Gasteiger partial charge on any atom is -1.00 e. The van der Waals surface area contributed by atoms with Crippen LogP contribution in [0.5, 0.6) is 0 Å². The largest absolute Gasteiger partial charge is 2.00 e. The SMILES string of the molecule is [CH2-]c1ccc(F)cc1F.[Cl-].[Mg+2]. The van der Waals surface area contributed by atoms with E-state index >= 15 is 0 Å². The first-order chi connectivity index (χ1) is 4.20. The molecule has 0 aromatic heterocycles. The zero-order valence-corrected chi connectivity index (χ0v) is 7.95. The Balaban J connectivity index is 0. The van der Waals surface area contributed by atoms with Crippen molar-refractivity contribution in [1.29, 1.82) is 0 Å². The van der Waals surface area contributed by atoms with Crippen molar-refractivity contribution < 1.29 is 21.2 Å². The Morgan fingerprint density at radius 1 is 1.18 bits per heavy atom. The summed E-state index contributed by atoms with van der Waals surface area (Å²) < 4.78 is 24.4. The third kappa shape index (κ3) is 3.79. The zero-order valence-electron chi connectivity index (χ0n) is 5.78. The molecule has 0 N–H and O–H groups in total. The van der Waals surface area contributed by atoms with Crippen LogP contribution >= 0.6 is 0 Å². The van der Waals surface area contributed by atoms with Gasteiger partial charge >= 0.3 is 23.1 Å². The summed E-state index contributed by atoms with van der Waals surface area (Å²) in [4.78, 5) is 0. The smallest absolute Gasteiger partial charge is 1.00 e. The second-order valence-corrected chi connectivity index (χ2v) is 1.74. The van der Waals surface area contributed by atoms with Crippen molar-refractivity contribution in [2.75, 3.05) is 0 Å². The van der Waals surface area contributed by atoms with Gasteiger partial charge in [0.2, 0.25) is 0 Å². The van der Waals surface area contributed by atoms with Gasteiger partial charge in [-0.15, -0.1) is 0 Å². The first-order valence-corrected chi connectivity index (χ1v) is 2.47. The topological polar surface area (TPSA) is 0 Å². The van der Waals surface area contributed by atoms with E-state index in [9.17, 15) is 8.78 Å². The van der Waals surface area contributed by atoms with Gasteiger partial charge in [0.25, 0.3) is 0 Å². The predicted octanol–water partition coefficient (Wildman–Crippen LogP) is -1.23. The van der Waals surface area contributed by atoms with Crippen molar-refractivity contribution in [3.05, 3.63) is 42.3 Å². The molecule has 0 radical (unpaired) electrons. The molecule has 0 nitrogen and oxygen atoms in total. The molecule has 0 saturated carbocycles. The standard InChI is InChI=1S/C7H5F2.ClH.Mg/c1-5-2-3-6(8)4-7(5)9;;/h2-4H,1H2;1H;/q-1;;+2/p-1. The Hall–Kier alpha value is 0.00623. The fourth-order valence-electron chi connectivity index (χ4n) is 0.522. The summed E-state index contributed by atoms with van der Waals surface area (Å²) in [6.07, 6.45) is 0. The van der Waals surface area contributed by atoms with E-state index in [4.69, 9.17) is 0 Å². The van der Waals surface area contributed by atoms with E-state index in [1.54, 1.807) is 0 Å². The monoisotopic (exact) mass is 186 g/mol. The predicted molar refractivity (Wildman–Crippen MR) is 36.6 cm³/mol. The molecule has 0 bridgehead atoms. The molecule has 0 amide bonds. The Labute approximate surface area is 86.6 Å². The van der Waals surface area contributed by atoms with Crippen molar-refractivity contribution in [3.63, 3.8) is 0 Å². The van der Waals surface area contributed by atoms with Gasteiger partial charge in [-0.1, -0.05) is 6.07 Å². The van der Waals surface area contributed by atoms with Crippen LogP contribution in [0.2, 0.25) is 0 Å². The Bertz CT molecular complexity index is 228. The van der Waals surface area contributed by atoms with Gasteiger partial charge in [-0.25, -0.2) is 4.39 Å². The second kappa shape index (κ2) is 5.63. The van der Waals surface area contributed by atoms with Gasteiger partial charge in [0.15, 0.2) is 0 Å². The van der Waals surface area contributed by atoms with Gasteiger partial charge in [-0.3, -0.25) is 4.39 Å². The molecule has 0 atom stereocenters. The molecule has 0 unspecified atom stereocenters. The van der Waals surface area contributed by atoms with E-state index in [0.29, 0.717) is 0 Å². The van der Waals surface area contributed by atoms with E-state index in [1.165, 1.54) is 12.1 Å². The van der Waals surface area contributed by atoms with Gasteiger partial charge in [0, 0.05) is 5.82 Å². The molecule has 0 aliphatic rings. The van der Waals surface area contributed by atoms with Crippen molar-refractivity contribution in [2.45, 2.75) is 0 Å². The van der Waals surface area contributed by atoms with E-state index in [1.807, 2.05) is 0 Å². The van der Waals surface area contributed by atoms with E-state index in [-0.39, 0.29) is 41.0 Å². The average Bonchev–Trinajstić information content (AvgIpc) is 1.80. The molecule has 11 heavy (non-hydrogen) atoms. The molecule has 0 aliphatic heterocycles. The van der Waals surface area contributed by atoms with Crippen LogP contribution in [0, 0.1) is 18.6 Å². The van der Waals surface area contributed by atoms with Crippen LogP contribution in [-0.2, 0) is 0 Å². The third-order valence-electron chi connectivity index (χ3n) is 1.02. The van der Waals surface area contributed by atoms with Crippen LogP contribution in [0.4, 0.5) is 8.78 Å². The van der Waals surface area contributed by atoms with Crippen LogP contribution in [-0.4, -0.2) is 23.1 Å². The molecule has 0 saturated heterocycles. The van der Waals surface area contributed by atoms with Crippen LogP contribution < -0.4 is 12.4 Å². The van der Waals surface area contributed by atoms with E-state index in [2.05, 4.69) is 6.92 Å². The Morgan fingerprint density at radius 2 is 1.73 bits per heavy atom. The normalized spacial score (nSPS) is 7.82. The first kappa shape index (κ1) is 13.6. The van der Waals surface area contributed by atoms with Crippen molar-refractivity contribution in [3.8, 4) is 0 Å². The van der Waals surface area contributed by atoms with Gasteiger partial charge in [-0.05, 0) is 6.07 Å². The summed E-state index contributed by atoms with van der Waals surface area (Å²) in [6.45, 7) is 3.32. The summed E-state index contributed by atoms with van der Waals surface area (Å²) in [5.74, 6) is -1.17. The minimum atomic E-state index is -0.602. The Kier molecular flexibility index (Phi) is 6.95. The van der Waals surface area contributed by atoms with Crippen molar-refractivity contribution >= 4 is 23.1 Å². The maximum absolute atomic E-state index is 12.3. The number of hydrogen-bond donors (Lipinski definition) is 0. The molecule has 56 valence electrons. The summed E-state index contributed by atoms with van der Waals surface area (Å²) in [5.41, 5.74) is 0.219. The molecule has 4 heteroatoms. The summed E-state index contributed by atoms with van der Waals surface area (Å²) in [6, 6.07) is 3.28. The second-order valence-electron chi connectivity index (χ2n) is 1.74. The van der Waals surface area contributed by atoms with Crippen molar-refractivity contribution in [2.24, 2.45) is 0 Å². The molecule has 0 fully saturated rings. The molecule has 0 heterocycles. The fourth-order valence-corrected chi connectivity index (χ4v) is 0.522. The summed E-state index contributed by atoms with van der Waals surface area (Å²) in [7, 11) is 0. The molecule has 0 aliphatic carbocycles. The van der Waals surface area contributed by atoms with Gasteiger partial charge < -0.3 is 12.4 Å². The number of hydrogen-bond acceptors (Lipinski definition) is 0. The molecular formula is C7H5ClF2Mg. The average molecular weight is 187 g/mol. The van der Waals surface area contributed by atoms with Crippen LogP contribution in [0.3, 0.4) is 0 Å². The van der Waals surface area contributed by atoms with Crippen LogP contribution in [0.25, 0.3) is 0 Å². The molecule has 1 aromatic rings. The van der Waals surface area contributed by atoms with Crippen LogP contribution in [0.1, 0.15) is 5.56 Å². The maximum Gasteiger partial charge on any atom is 2.00 e. The van der Waals surface area contributed by atoms with Gasteiger partial charge in [0.05, 0.1) is 0 Å². The molecule has 1 aromatic carbocycles. The van der Waals surface area contributed by atoms with Crippen molar-refractivity contribution in [1.82, 2.24) is 0 Å². The number of benzene rings is 1. The zero-order chi connectivity index (χ0) is 6.85. The summed E-state index contributed by atoms with van der Waals surface area (Å²) >= 11 is 0. The third-order valence-corrected chi connectivity index (χ3v) is 1.02. The van der Waals surface area contributed by atoms with E-state index in [0.717, 1.165) is 6.07 Å². The quantitative estimate of drug-likeness (QED) is 0.352. The number of rotatable bonds is 0. The summed E-state index contributed by atoms with van der Waals surface area (Å²) in [5, 5.41) is 0. The van der Waals surface area contributed by atoms with E-state index < -0.39 is 11.6 Å². The minimum absolute atomic E-state index is 0. The molecule has 0 spiro atoms. The first-order valence-electron chi connectivity index (χ1n) is 2.47.